The first kappa shape index (κ1) is 21.2. The lowest BCUT2D eigenvalue weighted by atomic mass is 10.1. The molecule has 0 aromatic heterocycles. The van der Waals surface area contributed by atoms with Crippen molar-refractivity contribution >= 4 is 21.8 Å². The normalized spacial score (nSPS) is 23.5. The van der Waals surface area contributed by atoms with E-state index in [1.54, 1.807) is 21.9 Å². The van der Waals surface area contributed by atoms with Crippen molar-refractivity contribution < 1.29 is 27.5 Å². The van der Waals surface area contributed by atoms with Crippen molar-refractivity contribution in [3.8, 4) is 0 Å². The Bertz CT molecular complexity index is 868. The van der Waals surface area contributed by atoms with Gasteiger partial charge in [0.1, 0.15) is 6.10 Å². The van der Waals surface area contributed by atoms with E-state index >= 15 is 0 Å². The first-order valence-electron chi connectivity index (χ1n) is 10.3. The highest BCUT2D eigenvalue weighted by atomic mass is 32.2. The molecule has 0 saturated carbocycles. The van der Waals surface area contributed by atoms with Gasteiger partial charge in [0.05, 0.1) is 18.1 Å². The molecular weight excluding hydrogens is 410 g/mol. The Labute approximate surface area is 176 Å². The molecular formula is C20H27N3O6S. The number of ether oxygens (including phenoxy) is 2. The molecule has 10 heteroatoms. The Morgan fingerprint density at radius 3 is 2.10 bits per heavy atom. The molecule has 30 heavy (non-hydrogen) atoms. The van der Waals surface area contributed by atoms with E-state index in [1.165, 1.54) is 16.4 Å². The molecule has 9 nitrogen and oxygen atoms in total. The number of carbonyl (C=O) groups is 2. The minimum atomic E-state index is -3.58. The molecule has 1 unspecified atom stereocenters. The molecule has 1 aromatic carbocycles. The number of amides is 2. The summed E-state index contributed by atoms with van der Waals surface area (Å²) in [6, 6.07) is 6.07. The van der Waals surface area contributed by atoms with Gasteiger partial charge in [-0.25, -0.2) is 8.42 Å². The largest absolute Gasteiger partial charge is 0.379 e. The lowest BCUT2D eigenvalue weighted by Gasteiger charge is -2.35. The Hall–Kier alpha value is -2.01. The SMILES string of the molecule is O=C(c1ccc(S(=O)(=O)N2CCOCC2)cc1)N1CCN(C(=O)C2CCCO2)CC1. The molecule has 0 N–H and O–H groups in total. The van der Waals surface area contributed by atoms with Crippen molar-refractivity contribution in [2.75, 3.05) is 59.1 Å². The third kappa shape index (κ3) is 4.36. The van der Waals surface area contributed by atoms with Crippen LogP contribution < -0.4 is 0 Å². The van der Waals surface area contributed by atoms with E-state index in [4.69, 9.17) is 9.47 Å². The lowest BCUT2D eigenvalue weighted by molar-refractivity contribution is -0.142. The van der Waals surface area contributed by atoms with E-state index in [2.05, 4.69) is 0 Å². The fraction of sp³-hybridized carbons (Fsp3) is 0.600. The van der Waals surface area contributed by atoms with Gasteiger partial charge in [0, 0.05) is 51.4 Å². The van der Waals surface area contributed by atoms with Crippen LogP contribution in [-0.4, -0.2) is 99.5 Å². The second-order valence-corrected chi connectivity index (χ2v) is 9.60. The molecule has 0 spiro atoms. The molecule has 3 saturated heterocycles. The maximum absolute atomic E-state index is 12.8. The highest BCUT2D eigenvalue weighted by molar-refractivity contribution is 7.89. The highest BCUT2D eigenvalue weighted by Crippen LogP contribution is 2.20. The number of carbonyl (C=O) groups excluding carboxylic acids is 2. The van der Waals surface area contributed by atoms with E-state index < -0.39 is 10.0 Å². The van der Waals surface area contributed by atoms with Crippen LogP contribution in [0.5, 0.6) is 0 Å². The van der Waals surface area contributed by atoms with Crippen LogP contribution in [0.25, 0.3) is 0 Å². The Balaban J connectivity index is 1.35. The average Bonchev–Trinajstić information content (AvgIpc) is 3.34. The summed E-state index contributed by atoms with van der Waals surface area (Å²) in [7, 11) is -3.58. The van der Waals surface area contributed by atoms with Crippen molar-refractivity contribution in [2.45, 2.75) is 23.8 Å². The average molecular weight is 438 g/mol. The number of rotatable bonds is 4. The quantitative estimate of drug-likeness (QED) is 0.666. The van der Waals surface area contributed by atoms with Crippen molar-refractivity contribution in [1.29, 1.82) is 0 Å². The number of nitrogens with zero attached hydrogens (tertiary/aromatic N) is 3. The Morgan fingerprint density at radius 2 is 1.50 bits per heavy atom. The summed E-state index contributed by atoms with van der Waals surface area (Å²) in [4.78, 5) is 28.9. The lowest BCUT2D eigenvalue weighted by Crippen LogP contribution is -2.52. The topological polar surface area (TPSA) is 96.5 Å². The van der Waals surface area contributed by atoms with Gasteiger partial charge in [-0.1, -0.05) is 0 Å². The van der Waals surface area contributed by atoms with Gasteiger partial charge >= 0.3 is 0 Å². The molecule has 3 fully saturated rings. The van der Waals surface area contributed by atoms with E-state index in [0.29, 0.717) is 64.7 Å². The monoisotopic (exact) mass is 437 g/mol. The predicted octanol–water partition coefficient (Wildman–Crippen LogP) is 0.171. The van der Waals surface area contributed by atoms with E-state index in [9.17, 15) is 18.0 Å². The molecule has 0 aliphatic carbocycles. The van der Waals surface area contributed by atoms with Crippen LogP contribution in [0.4, 0.5) is 0 Å². The summed E-state index contributed by atoms with van der Waals surface area (Å²) >= 11 is 0. The minimum Gasteiger partial charge on any atom is -0.379 e. The van der Waals surface area contributed by atoms with E-state index in [1.807, 2.05) is 0 Å². The fourth-order valence-electron chi connectivity index (χ4n) is 3.99. The highest BCUT2D eigenvalue weighted by Gasteiger charge is 2.32. The molecule has 0 bridgehead atoms. The van der Waals surface area contributed by atoms with Crippen LogP contribution in [0, 0.1) is 0 Å². The number of hydrogen-bond acceptors (Lipinski definition) is 6. The van der Waals surface area contributed by atoms with Crippen LogP contribution in [0.1, 0.15) is 23.2 Å². The van der Waals surface area contributed by atoms with Gasteiger partial charge in [0.25, 0.3) is 11.8 Å². The van der Waals surface area contributed by atoms with Gasteiger partial charge in [0.15, 0.2) is 0 Å². The van der Waals surface area contributed by atoms with Gasteiger partial charge in [-0.15, -0.1) is 0 Å². The number of hydrogen-bond donors (Lipinski definition) is 0. The van der Waals surface area contributed by atoms with Crippen molar-refractivity contribution in [3.63, 3.8) is 0 Å². The smallest absolute Gasteiger partial charge is 0.253 e. The Kier molecular flexibility index (Phi) is 6.37. The predicted molar refractivity (Wildman–Crippen MR) is 107 cm³/mol. The van der Waals surface area contributed by atoms with E-state index in [0.717, 1.165) is 12.8 Å². The van der Waals surface area contributed by atoms with Crippen LogP contribution in [-0.2, 0) is 24.3 Å². The number of morpholine rings is 1. The maximum Gasteiger partial charge on any atom is 0.253 e. The summed E-state index contributed by atoms with van der Waals surface area (Å²) < 4.78 is 37.5. The van der Waals surface area contributed by atoms with Crippen molar-refractivity contribution in [3.05, 3.63) is 29.8 Å². The zero-order valence-electron chi connectivity index (χ0n) is 16.9. The number of piperazine rings is 1. The summed E-state index contributed by atoms with van der Waals surface area (Å²) in [5.41, 5.74) is 0.440. The second-order valence-electron chi connectivity index (χ2n) is 7.66. The number of sulfonamides is 1. The molecule has 3 aliphatic rings. The molecule has 3 heterocycles. The molecule has 1 atom stereocenters. The van der Waals surface area contributed by atoms with Gasteiger partial charge in [-0.3, -0.25) is 9.59 Å². The van der Waals surface area contributed by atoms with E-state index in [-0.39, 0.29) is 22.8 Å². The third-order valence-electron chi connectivity index (χ3n) is 5.79. The first-order chi connectivity index (χ1) is 14.5. The van der Waals surface area contributed by atoms with Crippen LogP contribution in [0.15, 0.2) is 29.2 Å². The molecule has 4 rings (SSSR count). The molecule has 0 radical (unpaired) electrons. The number of benzene rings is 1. The first-order valence-corrected chi connectivity index (χ1v) is 11.8. The van der Waals surface area contributed by atoms with Gasteiger partial charge in [0.2, 0.25) is 10.0 Å². The van der Waals surface area contributed by atoms with Crippen LogP contribution in [0.2, 0.25) is 0 Å². The van der Waals surface area contributed by atoms with Crippen LogP contribution >= 0.6 is 0 Å². The Morgan fingerprint density at radius 1 is 0.867 bits per heavy atom. The molecule has 164 valence electrons. The fourth-order valence-corrected chi connectivity index (χ4v) is 5.40. The zero-order valence-corrected chi connectivity index (χ0v) is 17.7. The standard InChI is InChI=1S/C20H27N3O6S/c24-19(21-7-9-22(10-8-21)20(25)18-2-1-13-29-18)16-3-5-17(6-4-16)30(26,27)23-11-14-28-15-12-23/h3-6,18H,1-2,7-15H2. The maximum atomic E-state index is 12.8. The summed E-state index contributed by atoms with van der Waals surface area (Å²) in [6.45, 7) is 3.92. The zero-order chi connectivity index (χ0) is 21.1. The van der Waals surface area contributed by atoms with Gasteiger partial charge in [-0.2, -0.15) is 4.31 Å². The molecule has 3 aliphatic heterocycles. The third-order valence-corrected chi connectivity index (χ3v) is 7.71. The summed E-state index contributed by atoms with van der Waals surface area (Å²) in [5, 5.41) is 0. The van der Waals surface area contributed by atoms with Crippen molar-refractivity contribution in [2.24, 2.45) is 0 Å². The van der Waals surface area contributed by atoms with Crippen LogP contribution in [0.3, 0.4) is 0 Å². The van der Waals surface area contributed by atoms with Gasteiger partial charge in [-0.05, 0) is 37.1 Å². The second kappa shape index (κ2) is 9.01. The van der Waals surface area contributed by atoms with Crippen molar-refractivity contribution in [1.82, 2.24) is 14.1 Å². The summed E-state index contributed by atoms with van der Waals surface area (Å²) in [5.74, 6) is -0.146. The molecule has 2 amide bonds. The van der Waals surface area contributed by atoms with Gasteiger partial charge < -0.3 is 19.3 Å². The minimum absolute atomic E-state index is 0.0114. The molecule has 1 aromatic rings. The summed E-state index contributed by atoms with van der Waals surface area (Å²) in [6.07, 6.45) is 1.33.